The maximum Gasteiger partial charge on any atom is 0.247 e. The Hall–Kier alpha value is -3.49. The number of benzene rings is 3. The first-order valence-electron chi connectivity index (χ1n) is 12.1. The Morgan fingerprint density at radius 2 is 1.42 bits per heavy atom. The molecule has 0 aliphatic carbocycles. The van der Waals surface area contributed by atoms with Crippen molar-refractivity contribution in [3.63, 3.8) is 0 Å². The molecule has 8 heteroatoms. The standard InChI is InChI=1S/C28H33N3O4S/c1-3-29-28(33)27(24-13-9-6-10-14-24)31(21-23-11-7-5-8-12-23)26(32)20-17-22-15-18-25(19-16-22)36(34,35)30-4-2/h5-16,18-19,27,30H,3-4,17,20-21H2,1-2H3,(H,29,33). The molecule has 0 saturated carbocycles. The van der Waals surface area contributed by atoms with E-state index in [1.54, 1.807) is 36.1 Å². The molecule has 0 radical (unpaired) electrons. The van der Waals surface area contributed by atoms with E-state index < -0.39 is 16.1 Å². The molecule has 1 atom stereocenters. The highest BCUT2D eigenvalue weighted by atomic mass is 32.2. The summed E-state index contributed by atoms with van der Waals surface area (Å²) in [5.41, 5.74) is 2.51. The van der Waals surface area contributed by atoms with Gasteiger partial charge in [-0.25, -0.2) is 13.1 Å². The SMILES string of the molecule is CCNC(=O)C(c1ccccc1)N(Cc1ccccc1)C(=O)CCc1ccc(S(=O)(=O)NCC)cc1. The van der Waals surface area contributed by atoms with Crippen molar-refractivity contribution in [1.82, 2.24) is 14.9 Å². The number of nitrogens with zero attached hydrogens (tertiary/aromatic N) is 1. The molecule has 0 saturated heterocycles. The molecule has 3 aromatic rings. The summed E-state index contributed by atoms with van der Waals surface area (Å²) in [5, 5.41) is 2.87. The largest absolute Gasteiger partial charge is 0.354 e. The highest BCUT2D eigenvalue weighted by Crippen LogP contribution is 2.25. The maximum atomic E-state index is 13.6. The minimum absolute atomic E-state index is 0.164. The number of rotatable bonds is 12. The van der Waals surface area contributed by atoms with E-state index in [1.807, 2.05) is 67.6 Å². The first-order chi connectivity index (χ1) is 17.4. The maximum absolute atomic E-state index is 13.6. The predicted molar refractivity (Wildman–Crippen MR) is 140 cm³/mol. The van der Waals surface area contributed by atoms with Crippen LogP contribution in [0.3, 0.4) is 0 Å². The van der Waals surface area contributed by atoms with Crippen LogP contribution in [0.5, 0.6) is 0 Å². The number of nitrogens with one attached hydrogen (secondary N) is 2. The normalized spacial score (nSPS) is 12.1. The Balaban J connectivity index is 1.85. The van der Waals surface area contributed by atoms with Crippen molar-refractivity contribution in [2.45, 2.75) is 44.2 Å². The van der Waals surface area contributed by atoms with Gasteiger partial charge in [0.15, 0.2) is 0 Å². The second-order valence-electron chi connectivity index (χ2n) is 8.36. The number of carbonyl (C=O) groups is 2. The Morgan fingerprint density at radius 3 is 2.00 bits per heavy atom. The fourth-order valence-corrected chi connectivity index (χ4v) is 5.03. The van der Waals surface area contributed by atoms with Crippen molar-refractivity contribution in [3.05, 3.63) is 102 Å². The van der Waals surface area contributed by atoms with Crippen molar-refractivity contribution in [2.75, 3.05) is 13.1 Å². The van der Waals surface area contributed by atoms with Crippen LogP contribution in [0.25, 0.3) is 0 Å². The van der Waals surface area contributed by atoms with Gasteiger partial charge in [0.25, 0.3) is 0 Å². The molecule has 0 heterocycles. The van der Waals surface area contributed by atoms with Crippen LogP contribution in [0.2, 0.25) is 0 Å². The lowest BCUT2D eigenvalue weighted by Crippen LogP contribution is -2.43. The summed E-state index contributed by atoms with van der Waals surface area (Å²) in [7, 11) is -3.53. The van der Waals surface area contributed by atoms with Crippen molar-refractivity contribution in [3.8, 4) is 0 Å². The van der Waals surface area contributed by atoms with Gasteiger partial charge in [-0.1, -0.05) is 79.7 Å². The third-order valence-electron chi connectivity index (χ3n) is 5.74. The van der Waals surface area contributed by atoms with Gasteiger partial charge in [-0.05, 0) is 42.2 Å². The average molecular weight is 508 g/mol. The molecule has 2 amide bonds. The van der Waals surface area contributed by atoms with Crippen LogP contribution in [0.4, 0.5) is 0 Å². The Morgan fingerprint density at radius 1 is 0.806 bits per heavy atom. The molecule has 2 N–H and O–H groups in total. The molecule has 3 aromatic carbocycles. The van der Waals surface area contributed by atoms with Crippen molar-refractivity contribution in [1.29, 1.82) is 0 Å². The second kappa shape index (κ2) is 13.0. The van der Waals surface area contributed by atoms with Crippen LogP contribution in [-0.4, -0.2) is 38.2 Å². The van der Waals surface area contributed by atoms with Crippen molar-refractivity contribution >= 4 is 21.8 Å². The number of carbonyl (C=O) groups excluding carboxylic acids is 2. The molecular formula is C28H33N3O4S. The lowest BCUT2D eigenvalue weighted by molar-refractivity contribution is -0.141. The predicted octanol–water partition coefficient (Wildman–Crippen LogP) is 3.82. The molecule has 0 aliphatic heterocycles. The molecule has 0 aromatic heterocycles. The number of sulfonamides is 1. The van der Waals surface area contributed by atoms with E-state index in [0.29, 0.717) is 19.5 Å². The summed E-state index contributed by atoms with van der Waals surface area (Å²) in [5.74, 6) is -0.394. The van der Waals surface area contributed by atoms with Crippen molar-refractivity contribution < 1.29 is 18.0 Å². The van der Waals surface area contributed by atoms with E-state index in [0.717, 1.165) is 16.7 Å². The minimum Gasteiger partial charge on any atom is -0.354 e. The Kier molecular flexibility index (Phi) is 9.78. The van der Waals surface area contributed by atoms with Gasteiger partial charge in [-0.2, -0.15) is 0 Å². The van der Waals surface area contributed by atoms with Gasteiger partial charge in [0.2, 0.25) is 21.8 Å². The lowest BCUT2D eigenvalue weighted by Gasteiger charge is -2.31. The summed E-state index contributed by atoms with van der Waals surface area (Å²) in [6.07, 6.45) is 0.595. The molecule has 0 aliphatic rings. The summed E-state index contributed by atoms with van der Waals surface area (Å²) in [4.78, 5) is 28.6. The number of hydrogen-bond donors (Lipinski definition) is 2. The van der Waals surface area contributed by atoms with Crippen LogP contribution >= 0.6 is 0 Å². The molecule has 36 heavy (non-hydrogen) atoms. The number of aryl methyl sites for hydroxylation is 1. The van der Waals surface area contributed by atoms with Gasteiger partial charge in [0.1, 0.15) is 6.04 Å². The van der Waals surface area contributed by atoms with E-state index in [4.69, 9.17) is 0 Å². The van der Waals surface area contributed by atoms with Crippen LogP contribution in [0, 0.1) is 0 Å². The Labute approximate surface area is 213 Å². The van der Waals surface area contributed by atoms with Crippen molar-refractivity contribution in [2.24, 2.45) is 0 Å². The number of hydrogen-bond acceptors (Lipinski definition) is 4. The van der Waals surface area contributed by atoms with Gasteiger partial charge in [0.05, 0.1) is 4.90 Å². The first kappa shape index (κ1) is 27.1. The van der Waals surface area contributed by atoms with Gasteiger partial charge in [0, 0.05) is 26.1 Å². The van der Waals surface area contributed by atoms with E-state index in [9.17, 15) is 18.0 Å². The Bertz CT molecular complexity index is 1230. The highest BCUT2D eigenvalue weighted by molar-refractivity contribution is 7.89. The molecule has 3 rings (SSSR count). The van der Waals surface area contributed by atoms with Crippen LogP contribution in [0.15, 0.2) is 89.8 Å². The van der Waals surface area contributed by atoms with Gasteiger partial charge >= 0.3 is 0 Å². The van der Waals surface area contributed by atoms with Crippen LogP contribution in [0.1, 0.15) is 43.0 Å². The topological polar surface area (TPSA) is 95.6 Å². The monoisotopic (exact) mass is 507 g/mol. The summed E-state index contributed by atoms with van der Waals surface area (Å²) in [6.45, 7) is 4.63. The minimum atomic E-state index is -3.53. The van der Waals surface area contributed by atoms with Gasteiger partial charge in [-0.15, -0.1) is 0 Å². The summed E-state index contributed by atoms with van der Waals surface area (Å²) in [6, 6.07) is 24.6. The van der Waals surface area contributed by atoms with E-state index in [1.165, 1.54) is 0 Å². The van der Waals surface area contributed by atoms with E-state index in [2.05, 4.69) is 10.0 Å². The fraction of sp³-hybridized carbons (Fsp3) is 0.286. The molecular weight excluding hydrogens is 474 g/mol. The molecule has 7 nitrogen and oxygen atoms in total. The second-order valence-corrected chi connectivity index (χ2v) is 10.1. The first-order valence-corrected chi connectivity index (χ1v) is 13.6. The molecule has 1 unspecified atom stereocenters. The zero-order valence-corrected chi connectivity index (χ0v) is 21.5. The third kappa shape index (κ3) is 7.26. The fourth-order valence-electron chi connectivity index (χ4n) is 3.99. The quantitative estimate of drug-likeness (QED) is 0.390. The third-order valence-corrected chi connectivity index (χ3v) is 7.30. The number of amides is 2. The lowest BCUT2D eigenvalue weighted by atomic mass is 10.0. The zero-order valence-electron chi connectivity index (χ0n) is 20.7. The molecule has 0 spiro atoms. The molecule has 0 fully saturated rings. The van der Waals surface area contributed by atoms with Crippen LogP contribution < -0.4 is 10.0 Å². The molecule has 190 valence electrons. The summed E-state index contributed by atoms with van der Waals surface area (Å²) >= 11 is 0. The average Bonchev–Trinajstić information content (AvgIpc) is 2.88. The summed E-state index contributed by atoms with van der Waals surface area (Å²) < 4.78 is 26.8. The smallest absolute Gasteiger partial charge is 0.247 e. The zero-order chi connectivity index (χ0) is 26.0. The van der Waals surface area contributed by atoms with Crippen LogP contribution in [-0.2, 0) is 32.6 Å². The van der Waals surface area contributed by atoms with E-state index in [-0.39, 0.29) is 29.7 Å². The highest BCUT2D eigenvalue weighted by Gasteiger charge is 2.31. The molecule has 0 bridgehead atoms. The number of likely N-dealkylation sites (N-methyl/N-ethyl adjacent to an activating group) is 1. The van der Waals surface area contributed by atoms with Gasteiger partial charge < -0.3 is 10.2 Å². The van der Waals surface area contributed by atoms with E-state index >= 15 is 0 Å². The van der Waals surface area contributed by atoms with Gasteiger partial charge in [-0.3, -0.25) is 9.59 Å².